The minimum Gasteiger partial charge on any atom is -0.263 e. The van der Waals surface area contributed by atoms with Crippen molar-refractivity contribution < 1.29 is 0 Å². The molecule has 1 aromatic heterocycles. The number of hydrogen-bond donors (Lipinski definition) is 1. The van der Waals surface area contributed by atoms with Crippen molar-refractivity contribution >= 4 is 0 Å². The zero-order valence-electron chi connectivity index (χ0n) is 7.98. The Hall–Kier alpha value is -1.64. The average molecular weight is 187 g/mol. The van der Waals surface area contributed by atoms with E-state index >= 15 is 0 Å². The smallest absolute Gasteiger partial charge is 0.137 e. The average Bonchev–Trinajstić information content (AvgIpc) is 2.72. The molecule has 0 spiro atoms. The molecule has 0 aliphatic heterocycles. The molecule has 3 nitrogen and oxygen atoms in total. The Balaban J connectivity index is 1.79. The predicted molar refractivity (Wildman–Crippen MR) is 54.8 cm³/mol. The number of nitrogens with zero attached hydrogens (tertiary/aromatic N) is 2. The van der Waals surface area contributed by atoms with Gasteiger partial charge in [-0.2, -0.15) is 5.10 Å². The highest BCUT2D eigenvalue weighted by Gasteiger charge is 1.96. The Morgan fingerprint density at radius 1 is 1.07 bits per heavy atom. The Kier molecular flexibility index (Phi) is 2.91. The first kappa shape index (κ1) is 8.94. The molecule has 0 radical (unpaired) electrons. The van der Waals surface area contributed by atoms with E-state index in [0.717, 1.165) is 25.1 Å². The molecule has 1 aromatic carbocycles. The minimum atomic E-state index is 0.967. The van der Waals surface area contributed by atoms with E-state index < -0.39 is 0 Å². The van der Waals surface area contributed by atoms with Gasteiger partial charge in [0, 0.05) is 6.42 Å². The van der Waals surface area contributed by atoms with Crippen molar-refractivity contribution in [2.45, 2.75) is 19.3 Å². The zero-order valence-corrected chi connectivity index (χ0v) is 7.98. The maximum atomic E-state index is 4.08. The molecule has 0 aliphatic carbocycles. The number of aromatic nitrogens is 3. The molecule has 0 fully saturated rings. The molecule has 0 unspecified atom stereocenters. The second-order valence-corrected chi connectivity index (χ2v) is 3.27. The molecule has 0 bridgehead atoms. The van der Waals surface area contributed by atoms with Crippen molar-refractivity contribution in [1.29, 1.82) is 0 Å². The van der Waals surface area contributed by atoms with Crippen LogP contribution in [0.3, 0.4) is 0 Å². The van der Waals surface area contributed by atoms with E-state index in [1.165, 1.54) is 5.56 Å². The van der Waals surface area contributed by atoms with Crippen LogP contribution in [0.25, 0.3) is 0 Å². The fourth-order valence-corrected chi connectivity index (χ4v) is 1.46. The van der Waals surface area contributed by atoms with Gasteiger partial charge in [0.25, 0.3) is 0 Å². The summed E-state index contributed by atoms with van der Waals surface area (Å²) in [5.41, 5.74) is 1.38. The van der Waals surface area contributed by atoms with Crippen LogP contribution in [0.1, 0.15) is 17.8 Å². The van der Waals surface area contributed by atoms with Crippen molar-refractivity contribution in [2.24, 2.45) is 0 Å². The molecule has 2 aromatic rings. The summed E-state index contributed by atoms with van der Waals surface area (Å²) in [5.74, 6) is 0.973. The first-order chi connectivity index (χ1) is 6.95. The second kappa shape index (κ2) is 4.56. The number of aryl methyl sites for hydroxylation is 2. The third-order valence-corrected chi connectivity index (χ3v) is 2.19. The lowest BCUT2D eigenvalue weighted by atomic mass is 10.1. The van der Waals surface area contributed by atoms with Gasteiger partial charge >= 0.3 is 0 Å². The Morgan fingerprint density at radius 2 is 1.93 bits per heavy atom. The number of H-pyrrole nitrogens is 1. The largest absolute Gasteiger partial charge is 0.263 e. The van der Waals surface area contributed by atoms with E-state index in [1.807, 2.05) is 6.07 Å². The highest BCUT2D eigenvalue weighted by atomic mass is 15.2. The van der Waals surface area contributed by atoms with Gasteiger partial charge in [-0.3, -0.25) is 5.10 Å². The summed E-state index contributed by atoms with van der Waals surface area (Å²) in [6, 6.07) is 10.5. The minimum absolute atomic E-state index is 0.967. The van der Waals surface area contributed by atoms with Crippen molar-refractivity contribution in [2.75, 3.05) is 0 Å². The monoisotopic (exact) mass is 187 g/mol. The predicted octanol–water partition coefficient (Wildman–Crippen LogP) is 1.98. The van der Waals surface area contributed by atoms with E-state index in [1.54, 1.807) is 6.33 Å². The first-order valence-electron chi connectivity index (χ1n) is 4.83. The van der Waals surface area contributed by atoms with Gasteiger partial charge in [-0.25, -0.2) is 4.98 Å². The van der Waals surface area contributed by atoms with E-state index in [2.05, 4.69) is 39.4 Å². The van der Waals surface area contributed by atoms with Gasteiger partial charge in [-0.15, -0.1) is 0 Å². The summed E-state index contributed by atoms with van der Waals surface area (Å²) in [6.07, 6.45) is 4.73. The first-order valence-corrected chi connectivity index (χ1v) is 4.83. The Bertz CT molecular complexity index is 353. The Morgan fingerprint density at radius 3 is 2.64 bits per heavy atom. The van der Waals surface area contributed by atoms with Gasteiger partial charge in [-0.05, 0) is 18.4 Å². The van der Waals surface area contributed by atoms with E-state index in [9.17, 15) is 0 Å². The lowest BCUT2D eigenvalue weighted by molar-refractivity contribution is 0.775. The van der Waals surface area contributed by atoms with Gasteiger partial charge in [0.05, 0.1) is 0 Å². The summed E-state index contributed by atoms with van der Waals surface area (Å²) >= 11 is 0. The van der Waals surface area contributed by atoms with Gasteiger partial charge in [-0.1, -0.05) is 30.3 Å². The fourth-order valence-electron chi connectivity index (χ4n) is 1.46. The number of benzene rings is 1. The molecular weight excluding hydrogens is 174 g/mol. The lowest BCUT2D eigenvalue weighted by Gasteiger charge is -1.98. The molecule has 0 aliphatic rings. The molecule has 0 atom stereocenters. The van der Waals surface area contributed by atoms with Gasteiger partial charge in [0.1, 0.15) is 12.2 Å². The zero-order chi connectivity index (χ0) is 9.64. The SMILES string of the molecule is c1ccc(CCCc2ncn[nH]2)cc1. The maximum Gasteiger partial charge on any atom is 0.137 e. The van der Waals surface area contributed by atoms with E-state index in [-0.39, 0.29) is 0 Å². The number of rotatable bonds is 4. The van der Waals surface area contributed by atoms with Crippen LogP contribution in [0, 0.1) is 0 Å². The summed E-state index contributed by atoms with van der Waals surface area (Å²) in [4.78, 5) is 4.08. The third-order valence-electron chi connectivity index (χ3n) is 2.19. The van der Waals surface area contributed by atoms with Crippen molar-refractivity contribution in [1.82, 2.24) is 15.2 Å². The molecule has 14 heavy (non-hydrogen) atoms. The highest BCUT2D eigenvalue weighted by Crippen LogP contribution is 2.04. The van der Waals surface area contributed by atoms with Crippen LogP contribution in [0.5, 0.6) is 0 Å². The molecule has 1 heterocycles. The quantitative estimate of drug-likeness (QED) is 0.795. The van der Waals surface area contributed by atoms with Gasteiger partial charge < -0.3 is 0 Å². The van der Waals surface area contributed by atoms with Crippen LogP contribution in [-0.4, -0.2) is 15.2 Å². The molecule has 2 rings (SSSR count). The van der Waals surface area contributed by atoms with Crippen LogP contribution in [0.15, 0.2) is 36.7 Å². The normalized spacial score (nSPS) is 10.3. The van der Waals surface area contributed by atoms with Crippen LogP contribution >= 0.6 is 0 Å². The summed E-state index contributed by atoms with van der Waals surface area (Å²) in [6.45, 7) is 0. The number of aromatic amines is 1. The lowest BCUT2D eigenvalue weighted by Crippen LogP contribution is -1.91. The molecule has 0 saturated heterocycles. The van der Waals surface area contributed by atoms with E-state index in [0.29, 0.717) is 0 Å². The summed E-state index contributed by atoms with van der Waals surface area (Å²) in [5, 5.41) is 6.67. The summed E-state index contributed by atoms with van der Waals surface area (Å²) in [7, 11) is 0. The van der Waals surface area contributed by atoms with Crippen molar-refractivity contribution in [3.8, 4) is 0 Å². The van der Waals surface area contributed by atoms with Crippen LogP contribution in [-0.2, 0) is 12.8 Å². The van der Waals surface area contributed by atoms with Crippen LogP contribution in [0.2, 0.25) is 0 Å². The number of hydrogen-bond acceptors (Lipinski definition) is 2. The van der Waals surface area contributed by atoms with Gasteiger partial charge in [0.2, 0.25) is 0 Å². The molecule has 3 heteroatoms. The van der Waals surface area contributed by atoms with E-state index in [4.69, 9.17) is 0 Å². The third kappa shape index (κ3) is 2.42. The van der Waals surface area contributed by atoms with Gasteiger partial charge in [0.15, 0.2) is 0 Å². The molecule has 1 N–H and O–H groups in total. The van der Waals surface area contributed by atoms with Crippen LogP contribution in [0.4, 0.5) is 0 Å². The van der Waals surface area contributed by atoms with Crippen molar-refractivity contribution in [3.05, 3.63) is 48.0 Å². The van der Waals surface area contributed by atoms with Crippen molar-refractivity contribution in [3.63, 3.8) is 0 Å². The molecule has 0 amide bonds. The molecule has 72 valence electrons. The fraction of sp³-hybridized carbons (Fsp3) is 0.273. The topological polar surface area (TPSA) is 41.6 Å². The molecule has 0 saturated carbocycles. The number of nitrogens with one attached hydrogen (secondary N) is 1. The molecular formula is C11H13N3. The Labute approximate surface area is 83.2 Å². The highest BCUT2D eigenvalue weighted by molar-refractivity contribution is 5.14. The summed E-state index contributed by atoms with van der Waals surface area (Å²) < 4.78 is 0. The second-order valence-electron chi connectivity index (χ2n) is 3.27. The maximum absolute atomic E-state index is 4.08. The van der Waals surface area contributed by atoms with Crippen LogP contribution < -0.4 is 0 Å². The standard InChI is InChI=1S/C11H13N3/c1-2-5-10(6-3-1)7-4-8-11-12-9-13-14-11/h1-3,5-6,9H,4,7-8H2,(H,12,13,14).